The van der Waals surface area contributed by atoms with Crippen molar-refractivity contribution < 1.29 is 22.6 Å². The Morgan fingerprint density at radius 3 is 2.38 bits per heavy atom. The van der Waals surface area contributed by atoms with Gasteiger partial charge in [0.15, 0.2) is 0 Å². The van der Waals surface area contributed by atoms with E-state index in [0.717, 1.165) is 31.6 Å². The number of halogens is 3. The molecule has 1 unspecified atom stereocenters. The molecule has 196 valence electrons. The number of alkyl halides is 3. The number of nitrogens with zero attached hydrogens (tertiary/aromatic N) is 2. The molecule has 2 rings (SSSR count). The van der Waals surface area contributed by atoms with Crippen molar-refractivity contribution in [2.45, 2.75) is 64.6 Å². The minimum Gasteiger partial charge on any atom is -0.497 e. The highest BCUT2D eigenvalue weighted by Gasteiger charge is 2.29. The monoisotopic (exact) mass is 488 g/mol. The van der Waals surface area contributed by atoms with Crippen molar-refractivity contribution >= 4 is 5.82 Å². The van der Waals surface area contributed by atoms with Gasteiger partial charge < -0.3 is 20.1 Å². The number of methoxy groups -OCH3 is 2. The summed E-state index contributed by atoms with van der Waals surface area (Å²) in [6.45, 7) is 11.7. The molecule has 0 bridgehead atoms. The van der Waals surface area contributed by atoms with E-state index >= 15 is 0 Å². The lowest BCUT2D eigenvalue weighted by atomic mass is 9.95. The summed E-state index contributed by atoms with van der Waals surface area (Å²) < 4.78 is 49.8. The van der Waals surface area contributed by atoms with E-state index in [1.165, 1.54) is 7.11 Å². The number of piperidine rings is 1. The zero-order valence-electron chi connectivity index (χ0n) is 21.8. The average Bonchev–Trinajstić information content (AvgIpc) is 3.18. The van der Waals surface area contributed by atoms with Gasteiger partial charge in [-0.05, 0) is 57.0 Å². The van der Waals surface area contributed by atoms with Crippen LogP contribution in [0.4, 0.5) is 19.0 Å². The van der Waals surface area contributed by atoms with Gasteiger partial charge in [0, 0.05) is 39.7 Å². The first-order chi connectivity index (χ1) is 16.1. The standard InChI is InChI=1S/C21H31F3N4O.C2H6O.C2H6/c1-5-6-17(29-4)13-15(2)18(7-10-21(22,23)24)26-20-14-19(27-28(20)3)16-8-11-25-12-9-16;1-3-2;1-2/h5-6,13-14,16,18,25-26H,2,7-12H2,1,3-4H3;1-2H3;1-2H3/b6-5-,17-13+;;. The van der Waals surface area contributed by atoms with Crippen LogP contribution >= 0.6 is 0 Å². The van der Waals surface area contributed by atoms with Crippen LogP contribution in [0.2, 0.25) is 0 Å². The zero-order chi connectivity index (χ0) is 26.1. The predicted molar refractivity (Wildman–Crippen MR) is 134 cm³/mol. The summed E-state index contributed by atoms with van der Waals surface area (Å²) in [5.74, 6) is 1.59. The number of rotatable bonds is 9. The normalized spacial score (nSPS) is 15.6. The lowest BCUT2D eigenvalue weighted by molar-refractivity contribution is -0.135. The Bertz CT molecular complexity index is 752. The fourth-order valence-corrected chi connectivity index (χ4v) is 3.40. The molecule has 1 aliphatic rings. The molecule has 34 heavy (non-hydrogen) atoms. The Hall–Kier alpha value is -2.26. The third-order valence-corrected chi connectivity index (χ3v) is 5.04. The molecule has 6 nitrogen and oxygen atoms in total. The van der Waals surface area contributed by atoms with E-state index in [9.17, 15) is 13.2 Å². The minimum atomic E-state index is -4.23. The molecular formula is C25H43F3N4O2. The lowest BCUT2D eigenvalue weighted by Gasteiger charge is -2.22. The van der Waals surface area contributed by atoms with Crippen LogP contribution in [0.1, 0.15) is 58.1 Å². The van der Waals surface area contributed by atoms with Crippen molar-refractivity contribution in [2.75, 3.05) is 39.7 Å². The predicted octanol–water partition coefficient (Wildman–Crippen LogP) is 5.96. The smallest absolute Gasteiger partial charge is 0.389 e. The highest BCUT2D eigenvalue weighted by molar-refractivity contribution is 5.43. The van der Waals surface area contributed by atoms with Gasteiger partial charge in [0.05, 0.1) is 18.8 Å². The van der Waals surface area contributed by atoms with Gasteiger partial charge in [0.25, 0.3) is 0 Å². The van der Waals surface area contributed by atoms with E-state index in [1.807, 2.05) is 26.8 Å². The molecule has 1 aromatic rings. The van der Waals surface area contributed by atoms with E-state index < -0.39 is 18.6 Å². The first-order valence-electron chi connectivity index (χ1n) is 11.7. The quantitative estimate of drug-likeness (QED) is 0.332. The SMILES string of the molecule is C=C(/C=C(\C=C/C)OC)C(CCC(F)(F)F)Nc1cc(C2CCNCC2)nn1C.CC.COC. The number of allylic oxidation sites excluding steroid dienone is 2. The second-order valence-electron chi connectivity index (χ2n) is 7.69. The number of anilines is 1. The third kappa shape index (κ3) is 12.3. The maximum absolute atomic E-state index is 12.9. The molecule has 1 fully saturated rings. The molecule has 2 heterocycles. The number of aromatic nitrogens is 2. The highest BCUT2D eigenvalue weighted by Crippen LogP contribution is 2.29. The molecule has 2 N–H and O–H groups in total. The molecule has 1 saturated heterocycles. The van der Waals surface area contributed by atoms with Crippen molar-refractivity contribution in [3.63, 3.8) is 0 Å². The van der Waals surface area contributed by atoms with Gasteiger partial charge in [-0.3, -0.25) is 4.68 Å². The molecule has 0 spiro atoms. The first-order valence-corrected chi connectivity index (χ1v) is 11.7. The molecular weight excluding hydrogens is 445 g/mol. The van der Waals surface area contributed by atoms with Crippen LogP contribution in [-0.4, -0.2) is 56.4 Å². The van der Waals surface area contributed by atoms with Gasteiger partial charge >= 0.3 is 6.18 Å². The van der Waals surface area contributed by atoms with E-state index in [2.05, 4.69) is 27.0 Å². The number of ether oxygens (including phenoxy) is 2. The fraction of sp³-hybridized carbons (Fsp3) is 0.640. The van der Waals surface area contributed by atoms with Gasteiger partial charge in [0.1, 0.15) is 11.6 Å². The molecule has 0 aromatic carbocycles. The van der Waals surface area contributed by atoms with Gasteiger partial charge in [0.2, 0.25) is 0 Å². The zero-order valence-corrected chi connectivity index (χ0v) is 21.8. The van der Waals surface area contributed by atoms with Crippen LogP contribution in [-0.2, 0) is 16.5 Å². The summed E-state index contributed by atoms with van der Waals surface area (Å²) in [4.78, 5) is 0. The summed E-state index contributed by atoms with van der Waals surface area (Å²) in [7, 11) is 6.57. The van der Waals surface area contributed by atoms with Crippen LogP contribution in [0.15, 0.2) is 42.2 Å². The van der Waals surface area contributed by atoms with Crippen LogP contribution in [0.25, 0.3) is 0 Å². The summed E-state index contributed by atoms with van der Waals surface area (Å²) in [6.07, 6.45) is 1.95. The number of hydrogen-bond acceptors (Lipinski definition) is 5. The van der Waals surface area contributed by atoms with E-state index in [-0.39, 0.29) is 6.42 Å². The molecule has 1 aromatic heterocycles. The molecule has 0 aliphatic carbocycles. The number of hydrogen-bond donors (Lipinski definition) is 2. The van der Waals surface area contributed by atoms with Crippen molar-refractivity contribution in [3.8, 4) is 0 Å². The molecule has 9 heteroatoms. The third-order valence-electron chi connectivity index (χ3n) is 5.04. The van der Waals surface area contributed by atoms with Gasteiger partial charge in [-0.2, -0.15) is 18.3 Å². The van der Waals surface area contributed by atoms with Crippen molar-refractivity contribution in [3.05, 3.63) is 47.9 Å². The Labute approximate surface area is 203 Å². The summed E-state index contributed by atoms with van der Waals surface area (Å²) in [5.41, 5.74) is 1.49. The molecule has 1 atom stereocenters. The Kier molecular flexibility index (Phi) is 16.1. The largest absolute Gasteiger partial charge is 0.497 e. The van der Waals surface area contributed by atoms with Crippen LogP contribution in [0, 0.1) is 0 Å². The summed E-state index contributed by atoms with van der Waals surface area (Å²) >= 11 is 0. The second kappa shape index (κ2) is 17.2. The molecule has 1 aliphatic heterocycles. The van der Waals surface area contributed by atoms with Crippen LogP contribution < -0.4 is 10.6 Å². The molecule has 0 radical (unpaired) electrons. The highest BCUT2D eigenvalue weighted by atomic mass is 19.4. The Balaban J connectivity index is 0.00000201. The van der Waals surface area contributed by atoms with Gasteiger partial charge in [-0.25, -0.2) is 0 Å². The number of nitrogens with one attached hydrogen (secondary N) is 2. The van der Waals surface area contributed by atoms with Crippen molar-refractivity contribution in [1.29, 1.82) is 0 Å². The van der Waals surface area contributed by atoms with Crippen molar-refractivity contribution in [2.24, 2.45) is 7.05 Å². The number of aryl methyl sites for hydroxylation is 1. The fourth-order valence-electron chi connectivity index (χ4n) is 3.40. The Morgan fingerprint density at radius 2 is 1.88 bits per heavy atom. The Morgan fingerprint density at radius 1 is 1.29 bits per heavy atom. The van der Waals surface area contributed by atoms with Crippen LogP contribution in [0.5, 0.6) is 0 Å². The maximum Gasteiger partial charge on any atom is 0.389 e. The second-order valence-corrected chi connectivity index (χ2v) is 7.69. The molecule has 0 saturated carbocycles. The van der Waals surface area contributed by atoms with Crippen LogP contribution in [0.3, 0.4) is 0 Å². The average molecular weight is 489 g/mol. The van der Waals surface area contributed by atoms with Crippen molar-refractivity contribution in [1.82, 2.24) is 15.1 Å². The first kappa shape index (κ1) is 31.7. The van der Waals surface area contributed by atoms with E-state index in [0.29, 0.717) is 23.1 Å². The maximum atomic E-state index is 12.9. The minimum absolute atomic E-state index is 0.125. The van der Waals surface area contributed by atoms with Gasteiger partial charge in [-0.15, -0.1) is 0 Å². The summed E-state index contributed by atoms with van der Waals surface area (Å²) in [5, 5.41) is 11.1. The summed E-state index contributed by atoms with van der Waals surface area (Å²) in [6, 6.07) is 1.35. The van der Waals surface area contributed by atoms with Gasteiger partial charge in [-0.1, -0.05) is 26.5 Å². The topological polar surface area (TPSA) is 60.3 Å². The lowest BCUT2D eigenvalue weighted by Crippen LogP contribution is -2.26. The van der Waals surface area contributed by atoms with E-state index in [1.54, 1.807) is 44.2 Å². The van der Waals surface area contributed by atoms with E-state index in [4.69, 9.17) is 4.74 Å². The molecule has 0 amide bonds.